The van der Waals surface area contributed by atoms with Gasteiger partial charge in [-0.3, -0.25) is 25.8 Å². The first-order valence-corrected chi connectivity index (χ1v) is 10.1. The summed E-state index contributed by atoms with van der Waals surface area (Å²) in [4.78, 5) is 24.0. The third-order valence-corrected chi connectivity index (χ3v) is 4.56. The number of hydrogen-bond acceptors (Lipinski definition) is 4. The van der Waals surface area contributed by atoms with Crippen LogP contribution in [0.3, 0.4) is 0 Å². The van der Waals surface area contributed by atoms with E-state index < -0.39 is 11.8 Å². The molecule has 0 saturated heterocycles. The maximum absolute atomic E-state index is 12.1. The molecule has 0 radical (unpaired) electrons. The van der Waals surface area contributed by atoms with E-state index in [1.165, 1.54) is 6.08 Å². The monoisotopic (exact) mass is 433 g/mol. The Hall–Kier alpha value is -3.71. The van der Waals surface area contributed by atoms with E-state index in [1.54, 1.807) is 6.08 Å². The number of carbonyl (C=O) groups is 2. The average molecular weight is 434 g/mol. The maximum atomic E-state index is 12.1. The van der Waals surface area contributed by atoms with E-state index in [1.807, 2.05) is 74.5 Å². The molecule has 6 nitrogen and oxygen atoms in total. The van der Waals surface area contributed by atoms with Crippen LogP contribution in [0, 0.1) is 13.8 Å². The highest BCUT2D eigenvalue weighted by Gasteiger charge is 2.06. The lowest BCUT2D eigenvalue weighted by molar-refractivity contribution is -0.123. The second-order valence-corrected chi connectivity index (χ2v) is 7.41. The summed E-state index contributed by atoms with van der Waals surface area (Å²) < 4.78 is 5.47. The zero-order valence-electron chi connectivity index (χ0n) is 17.3. The first-order chi connectivity index (χ1) is 14.9. The molecule has 0 saturated carbocycles. The molecule has 0 bridgehead atoms. The average Bonchev–Trinajstić information content (AvgIpc) is 2.74. The third-order valence-electron chi connectivity index (χ3n) is 4.35. The normalized spacial score (nSPS) is 10.6. The summed E-state index contributed by atoms with van der Waals surface area (Å²) in [6.07, 6.45) is 3.11. The lowest BCUT2D eigenvalue weighted by Crippen LogP contribution is -2.49. The number of ether oxygens (including phenoxy) is 1. The SMILES string of the molecule is Cc1cc(C)cc(OCC(=O)NNC(=S)NC(=O)C=Cc2cccc3ccccc23)c1. The molecule has 0 atom stereocenters. The molecule has 3 N–H and O–H groups in total. The van der Waals surface area contributed by atoms with Crippen LogP contribution in [0.25, 0.3) is 16.8 Å². The van der Waals surface area contributed by atoms with Crippen LogP contribution in [0.2, 0.25) is 0 Å². The predicted molar refractivity (Wildman–Crippen MR) is 126 cm³/mol. The fourth-order valence-electron chi connectivity index (χ4n) is 3.07. The zero-order chi connectivity index (χ0) is 22.2. The predicted octanol–water partition coefficient (Wildman–Crippen LogP) is 3.57. The largest absolute Gasteiger partial charge is 0.484 e. The number of hydrogen-bond donors (Lipinski definition) is 3. The fourth-order valence-corrected chi connectivity index (χ4v) is 3.23. The Morgan fingerprint density at radius 3 is 2.45 bits per heavy atom. The zero-order valence-corrected chi connectivity index (χ0v) is 18.1. The molecule has 0 unspecified atom stereocenters. The Morgan fingerprint density at radius 1 is 0.968 bits per heavy atom. The topological polar surface area (TPSA) is 79.5 Å². The van der Waals surface area contributed by atoms with Crippen LogP contribution in [0.5, 0.6) is 5.75 Å². The standard InChI is InChI=1S/C24H23N3O3S/c1-16-12-17(2)14-20(13-16)30-15-23(29)26-27-24(31)25-22(28)11-10-19-8-5-7-18-6-3-4-9-21(18)19/h3-14H,15H2,1-2H3,(H,26,29)(H2,25,27,28,31). The van der Waals surface area contributed by atoms with Gasteiger partial charge in [-0.25, -0.2) is 0 Å². The lowest BCUT2D eigenvalue weighted by atomic mass is 10.0. The minimum absolute atomic E-state index is 0.0210. The number of aryl methyl sites for hydroxylation is 2. The molecule has 0 heterocycles. The van der Waals surface area contributed by atoms with Gasteiger partial charge in [-0.15, -0.1) is 0 Å². The van der Waals surface area contributed by atoms with Crippen LogP contribution in [0.1, 0.15) is 16.7 Å². The minimum atomic E-state index is -0.429. The summed E-state index contributed by atoms with van der Waals surface area (Å²) >= 11 is 5.04. The van der Waals surface area contributed by atoms with Crippen molar-refractivity contribution in [3.8, 4) is 5.75 Å². The van der Waals surface area contributed by atoms with Crippen molar-refractivity contribution in [2.45, 2.75) is 13.8 Å². The highest BCUT2D eigenvalue weighted by atomic mass is 32.1. The van der Waals surface area contributed by atoms with Gasteiger partial charge in [0.05, 0.1) is 0 Å². The molecule has 3 aromatic carbocycles. The summed E-state index contributed by atoms with van der Waals surface area (Å²) in [5.74, 6) is -0.227. The van der Waals surface area contributed by atoms with E-state index in [4.69, 9.17) is 17.0 Å². The summed E-state index contributed by atoms with van der Waals surface area (Å²) in [5, 5.41) is 4.60. The number of thiocarbonyl (C=S) groups is 1. The number of rotatable bonds is 5. The van der Waals surface area contributed by atoms with Crippen molar-refractivity contribution < 1.29 is 14.3 Å². The van der Waals surface area contributed by atoms with Crippen molar-refractivity contribution in [1.29, 1.82) is 0 Å². The molecule has 0 aliphatic heterocycles. The number of benzene rings is 3. The smallest absolute Gasteiger partial charge is 0.276 e. The Labute approximate surface area is 186 Å². The number of hydrazine groups is 1. The van der Waals surface area contributed by atoms with Crippen molar-refractivity contribution in [1.82, 2.24) is 16.2 Å². The van der Waals surface area contributed by atoms with Crippen molar-refractivity contribution in [3.05, 3.63) is 83.4 Å². The van der Waals surface area contributed by atoms with Gasteiger partial charge >= 0.3 is 0 Å². The first-order valence-electron chi connectivity index (χ1n) is 9.67. The van der Waals surface area contributed by atoms with Gasteiger partial charge in [0.2, 0.25) is 5.91 Å². The van der Waals surface area contributed by atoms with E-state index in [-0.39, 0.29) is 11.7 Å². The summed E-state index contributed by atoms with van der Waals surface area (Å²) in [6.45, 7) is 3.72. The van der Waals surface area contributed by atoms with E-state index in [0.29, 0.717) is 5.75 Å². The van der Waals surface area contributed by atoms with Crippen LogP contribution in [0.15, 0.2) is 66.7 Å². The van der Waals surface area contributed by atoms with Gasteiger partial charge in [-0.1, -0.05) is 48.5 Å². The van der Waals surface area contributed by atoms with E-state index in [0.717, 1.165) is 27.5 Å². The van der Waals surface area contributed by atoms with Gasteiger partial charge in [0.1, 0.15) is 5.75 Å². The third kappa shape index (κ3) is 6.65. The Balaban J connectivity index is 1.45. The summed E-state index contributed by atoms with van der Waals surface area (Å²) in [7, 11) is 0. The molecular formula is C24H23N3O3S. The molecule has 31 heavy (non-hydrogen) atoms. The first kappa shape index (κ1) is 22.0. The van der Waals surface area contributed by atoms with Gasteiger partial charge in [0, 0.05) is 6.08 Å². The van der Waals surface area contributed by atoms with Gasteiger partial charge in [-0.2, -0.15) is 0 Å². The number of carbonyl (C=O) groups excluding carboxylic acids is 2. The van der Waals surface area contributed by atoms with Crippen LogP contribution in [-0.4, -0.2) is 23.5 Å². The summed E-state index contributed by atoms with van der Waals surface area (Å²) in [5.41, 5.74) is 7.90. The molecular weight excluding hydrogens is 410 g/mol. The highest BCUT2D eigenvalue weighted by Crippen LogP contribution is 2.19. The van der Waals surface area contributed by atoms with Crippen LogP contribution < -0.4 is 20.9 Å². The molecule has 3 rings (SSSR count). The van der Waals surface area contributed by atoms with Gasteiger partial charge < -0.3 is 4.74 Å². The Morgan fingerprint density at radius 2 is 1.68 bits per heavy atom. The van der Waals surface area contributed by atoms with E-state index >= 15 is 0 Å². The van der Waals surface area contributed by atoms with Crippen LogP contribution >= 0.6 is 12.2 Å². The number of amides is 2. The van der Waals surface area contributed by atoms with Crippen molar-refractivity contribution in [2.75, 3.05) is 6.61 Å². The van der Waals surface area contributed by atoms with Crippen LogP contribution in [0.4, 0.5) is 0 Å². The van der Waals surface area contributed by atoms with E-state index in [2.05, 4.69) is 16.2 Å². The van der Waals surface area contributed by atoms with Crippen molar-refractivity contribution in [3.63, 3.8) is 0 Å². The molecule has 7 heteroatoms. The molecule has 0 aliphatic rings. The second-order valence-electron chi connectivity index (χ2n) is 7.01. The molecule has 0 aliphatic carbocycles. The Bertz CT molecular complexity index is 1130. The number of fused-ring (bicyclic) bond motifs is 1. The molecule has 158 valence electrons. The van der Waals surface area contributed by atoms with Crippen molar-refractivity contribution >= 4 is 46.0 Å². The Kier molecular flexibility index (Phi) is 7.35. The van der Waals surface area contributed by atoms with Crippen LogP contribution in [-0.2, 0) is 9.59 Å². The molecule has 0 aromatic heterocycles. The van der Waals surface area contributed by atoms with Gasteiger partial charge in [0.25, 0.3) is 5.91 Å². The van der Waals surface area contributed by atoms with E-state index in [9.17, 15) is 9.59 Å². The van der Waals surface area contributed by atoms with Gasteiger partial charge in [-0.05, 0) is 71.7 Å². The lowest BCUT2D eigenvalue weighted by Gasteiger charge is -2.11. The van der Waals surface area contributed by atoms with Gasteiger partial charge in [0.15, 0.2) is 11.7 Å². The minimum Gasteiger partial charge on any atom is -0.484 e. The highest BCUT2D eigenvalue weighted by molar-refractivity contribution is 7.80. The quantitative estimate of drug-likeness (QED) is 0.326. The summed E-state index contributed by atoms with van der Waals surface area (Å²) in [6, 6.07) is 19.5. The number of nitrogens with one attached hydrogen (secondary N) is 3. The maximum Gasteiger partial charge on any atom is 0.276 e. The molecule has 0 spiro atoms. The second kappa shape index (κ2) is 10.4. The van der Waals surface area contributed by atoms with Crippen molar-refractivity contribution in [2.24, 2.45) is 0 Å². The molecule has 0 fully saturated rings. The molecule has 3 aromatic rings. The molecule has 2 amide bonds. The fraction of sp³-hybridized carbons (Fsp3) is 0.125.